The molecule has 0 saturated carbocycles. The lowest BCUT2D eigenvalue weighted by Crippen LogP contribution is -2.15. The molecular weight excluding hydrogens is 264 g/mol. The van der Waals surface area contributed by atoms with Crippen LogP contribution >= 0.6 is 11.6 Å². The number of carbonyl (C=O) groups is 1. The van der Waals surface area contributed by atoms with Crippen LogP contribution in [0.1, 0.15) is 34.7 Å². The zero-order valence-electron chi connectivity index (χ0n) is 10.3. The predicted octanol–water partition coefficient (Wildman–Crippen LogP) is 3.46. The van der Waals surface area contributed by atoms with Crippen molar-refractivity contribution < 1.29 is 9.32 Å². The minimum absolute atomic E-state index is 0.242. The lowest BCUT2D eigenvalue weighted by molar-refractivity contribution is 0.101. The standard InChI is InChI=1S/C14H13ClN2O2/c15-9-4-3-5-10(8-9)16-14(18)13-11-6-1-2-7-12(11)19-17-13/h3-5,8H,1-2,6-7H2,(H,16,18). The summed E-state index contributed by atoms with van der Waals surface area (Å²) >= 11 is 5.88. The van der Waals surface area contributed by atoms with Gasteiger partial charge in [-0.2, -0.15) is 0 Å². The molecule has 1 heterocycles. The number of hydrogen-bond acceptors (Lipinski definition) is 3. The second-order valence-corrected chi connectivity index (χ2v) is 5.04. The Morgan fingerprint density at radius 3 is 3.00 bits per heavy atom. The van der Waals surface area contributed by atoms with E-state index in [1.165, 1.54) is 0 Å². The molecule has 0 radical (unpaired) electrons. The Morgan fingerprint density at radius 1 is 1.32 bits per heavy atom. The molecule has 0 atom stereocenters. The molecule has 1 aromatic heterocycles. The van der Waals surface area contributed by atoms with Gasteiger partial charge in [0.2, 0.25) is 0 Å². The summed E-state index contributed by atoms with van der Waals surface area (Å²) in [6, 6.07) is 7.04. The van der Waals surface area contributed by atoms with E-state index >= 15 is 0 Å². The van der Waals surface area contributed by atoms with Gasteiger partial charge in [-0.25, -0.2) is 0 Å². The largest absolute Gasteiger partial charge is 0.360 e. The van der Waals surface area contributed by atoms with Gasteiger partial charge in [-0.1, -0.05) is 22.8 Å². The average Bonchev–Trinajstić information content (AvgIpc) is 2.82. The van der Waals surface area contributed by atoms with Gasteiger partial charge in [0.1, 0.15) is 5.76 Å². The van der Waals surface area contributed by atoms with Gasteiger partial charge in [0.05, 0.1) is 0 Å². The normalized spacial score (nSPS) is 13.9. The number of nitrogens with zero attached hydrogens (tertiary/aromatic N) is 1. The van der Waals surface area contributed by atoms with Gasteiger partial charge in [-0.3, -0.25) is 4.79 Å². The summed E-state index contributed by atoms with van der Waals surface area (Å²) in [7, 11) is 0. The summed E-state index contributed by atoms with van der Waals surface area (Å²) in [5, 5.41) is 7.27. The Balaban J connectivity index is 1.83. The Hall–Kier alpha value is -1.81. The molecule has 1 amide bonds. The Labute approximate surface area is 115 Å². The summed E-state index contributed by atoms with van der Waals surface area (Å²) in [6.07, 6.45) is 3.90. The number of nitrogens with one attached hydrogen (secondary N) is 1. The molecule has 2 aromatic rings. The third kappa shape index (κ3) is 2.49. The number of halogens is 1. The van der Waals surface area contributed by atoms with E-state index in [2.05, 4.69) is 10.5 Å². The van der Waals surface area contributed by atoms with Gasteiger partial charge >= 0.3 is 0 Å². The molecule has 0 fully saturated rings. The van der Waals surface area contributed by atoms with Crippen molar-refractivity contribution in [2.75, 3.05) is 5.32 Å². The van der Waals surface area contributed by atoms with Gasteiger partial charge in [0.25, 0.3) is 5.91 Å². The highest BCUT2D eigenvalue weighted by molar-refractivity contribution is 6.30. The maximum absolute atomic E-state index is 12.2. The number of rotatable bonds is 2. The second-order valence-electron chi connectivity index (χ2n) is 4.60. The number of hydrogen-bond donors (Lipinski definition) is 1. The van der Waals surface area contributed by atoms with E-state index < -0.39 is 0 Å². The van der Waals surface area contributed by atoms with Crippen molar-refractivity contribution in [3.8, 4) is 0 Å². The first-order valence-corrected chi connectivity index (χ1v) is 6.66. The maximum Gasteiger partial charge on any atom is 0.278 e. The first kappa shape index (κ1) is 12.2. The van der Waals surface area contributed by atoms with Crippen molar-refractivity contribution in [2.24, 2.45) is 0 Å². The fourth-order valence-electron chi connectivity index (χ4n) is 2.32. The molecule has 1 aromatic carbocycles. The summed E-state index contributed by atoms with van der Waals surface area (Å²) in [6.45, 7) is 0. The van der Waals surface area contributed by atoms with Gasteiger partial charge in [-0.15, -0.1) is 0 Å². The molecule has 19 heavy (non-hydrogen) atoms. The SMILES string of the molecule is O=C(Nc1cccc(Cl)c1)c1noc2c1CCCC2. The van der Waals surface area contributed by atoms with Crippen molar-refractivity contribution in [3.63, 3.8) is 0 Å². The van der Waals surface area contributed by atoms with E-state index in [0.717, 1.165) is 37.0 Å². The van der Waals surface area contributed by atoms with Crippen LogP contribution in [-0.2, 0) is 12.8 Å². The molecule has 0 unspecified atom stereocenters. The van der Waals surface area contributed by atoms with E-state index in [4.69, 9.17) is 16.1 Å². The molecular formula is C14H13ClN2O2. The van der Waals surface area contributed by atoms with Crippen LogP contribution in [0.2, 0.25) is 5.02 Å². The average molecular weight is 277 g/mol. The Kier molecular flexibility index (Phi) is 3.25. The molecule has 0 bridgehead atoms. The lowest BCUT2D eigenvalue weighted by Gasteiger charge is -2.09. The predicted molar refractivity (Wildman–Crippen MR) is 72.6 cm³/mol. The second kappa shape index (κ2) is 5.05. The van der Waals surface area contributed by atoms with E-state index in [1.807, 2.05) is 0 Å². The zero-order chi connectivity index (χ0) is 13.2. The number of carbonyl (C=O) groups excluding carboxylic acids is 1. The third-order valence-corrected chi connectivity index (χ3v) is 3.48. The minimum atomic E-state index is -0.242. The van der Waals surface area contributed by atoms with E-state index in [-0.39, 0.29) is 5.91 Å². The van der Waals surface area contributed by atoms with Crippen molar-refractivity contribution >= 4 is 23.2 Å². The summed E-state index contributed by atoms with van der Waals surface area (Å²) in [5.41, 5.74) is 2.01. The van der Waals surface area contributed by atoms with Gasteiger partial charge in [0.15, 0.2) is 5.69 Å². The number of benzene rings is 1. The van der Waals surface area contributed by atoms with Crippen molar-refractivity contribution in [3.05, 3.63) is 46.3 Å². The highest BCUT2D eigenvalue weighted by Gasteiger charge is 2.23. The summed E-state index contributed by atoms with van der Waals surface area (Å²) in [5.74, 6) is 0.608. The van der Waals surface area contributed by atoms with Crippen molar-refractivity contribution in [2.45, 2.75) is 25.7 Å². The first-order valence-electron chi connectivity index (χ1n) is 6.28. The van der Waals surface area contributed by atoms with Crippen LogP contribution in [0.3, 0.4) is 0 Å². The van der Waals surface area contributed by atoms with E-state index in [9.17, 15) is 4.79 Å². The van der Waals surface area contributed by atoms with Crippen molar-refractivity contribution in [1.82, 2.24) is 5.16 Å². The number of aromatic nitrogens is 1. The molecule has 0 spiro atoms. The summed E-state index contributed by atoms with van der Waals surface area (Å²) < 4.78 is 5.23. The first-order chi connectivity index (χ1) is 9.24. The molecule has 5 heteroatoms. The van der Waals surface area contributed by atoms with Crippen molar-refractivity contribution in [1.29, 1.82) is 0 Å². The topological polar surface area (TPSA) is 55.1 Å². The number of aryl methyl sites for hydroxylation is 1. The van der Waals surface area contributed by atoms with Crippen LogP contribution in [0.25, 0.3) is 0 Å². The summed E-state index contributed by atoms with van der Waals surface area (Å²) in [4.78, 5) is 12.2. The maximum atomic E-state index is 12.2. The van der Waals surface area contributed by atoms with Crippen LogP contribution in [0.4, 0.5) is 5.69 Å². The van der Waals surface area contributed by atoms with Gasteiger partial charge < -0.3 is 9.84 Å². The highest BCUT2D eigenvalue weighted by Crippen LogP contribution is 2.25. The fraction of sp³-hybridized carbons (Fsp3) is 0.286. The lowest BCUT2D eigenvalue weighted by atomic mass is 9.96. The molecule has 1 aliphatic rings. The van der Waals surface area contributed by atoms with Gasteiger partial charge in [-0.05, 0) is 37.5 Å². The van der Waals surface area contributed by atoms with Crippen LogP contribution in [0, 0.1) is 0 Å². The highest BCUT2D eigenvalue weighted by atomic mass is 35.5. The smallest absolute Gasteiger partial charge is 0.278 e. The monoisotopic (exact) mass is 276 g/mol. The zero-order valence-corrected chi connectivity index (χ0v) is 11.0. The molecule has 0 aliphatic heterocycles. The number of fused-ring (bicyclic) bond motifs is 1. The molecule has 1 aliphatic carbocycles. The molecule has 0 saturated heterocycles. The van der Waals surface area contributed by atoms with Crippen LogP contribution in [-0.4, -0.2) is 11.1 Å². The number of anilines is 1. The molecule has 4 nitrogen and oxygen atoms in total. The fourth-order valence-corrected chi connectivity index (χ4v) is 2.51. The number of amides is 1. The van der Waals surface area contributed by atoms with Gasteiger partial charge in [0, 0.05) is 22.7 Å². The third-order valence-electron chi connectivity index (χ3n) is 3.25. The quantitative estimate of drug-likeness (QED) is 0.914. The molecule has 98 valence electrons. The van der Waals surface area contributed by atoms with Crippen LogP contribution in [0.15, 0.2) is 28.8 Å². The van der Waals surface area contributed by atoms with E-state index in [1.54, 1.807) is 24.3 Å². The molecule has 3 rings (SSSR count). The Morgan fingerprint density at radius 2 is 2.16 bits per heavy atom. The van der Waals surface area contributed by atoms with Crippen LogP contribution < -0.4 is 5.32 Å². The van der Waals surface area contributed by atoms with Crippen LogP contribution in [0.5, 0.6) is 0 Å². The minimum Gasteiger partial charge on any atom is -0.360 e. The molecule has 1 N–H and O–H groups in total. The van der Waals surface area contributed by atoms with E-state index in [0.29, 0.717) is 16.4 Å². The Bertz CT molecular complexity index is 622.